The van der Waals surface area contributed by atoms with Crippen LogP contribution in [0.4, 0.5) is 10.1 Å². The van der Waals surface area contributed by atoms with Gasteiger partial charge in [0.05, 0.1) is 0 Å². The second-order valence-corrected chi connectivity index (χ2v) is 4.05. The molecule has 0 fully saturated rings. The molecule has 2 aromatic rings. The first-order valence-electron chi connectivity index (χ1n) is 3.74. The SMILES string of the molecule is Nc1cc(CCl)c2sc(F)cc2c1. The topological polar surface area (TPSA) is 26.0 Å². The highest BCUT2D eigenvalue weighted by Crippen LogP contribution is 2.30. The quantitative estimate of drug-likeness (QED) is 0.573. The Morgan fingerprint density at radius 3 is 2.85 bits per heavy atom. The summed E-state index contributed by atoms with van der Waals surface area (Å²) in [5, 5.41) is 0.630. The maximum atomic E-state index is 12.9. The predicted octanol–water partition coefficient (Wildman–Crippen LogP) is 3.36. The van der Waals surface area contributed by atoms with Crippen LogP contribution >= 0.6 is 22.9 Å². The molecule has 1 nitrogen and oxygen atoms in total. The molecule has 0 saturated heterocycles. The molecule has 0 unspecified atom stereocenters. The number of rotatable bonds is 1. The fourth-order valence-electron chi connectivity index (χ4n) is 1.32. The zero-order valence-electron chi connectivity index (χ0n) is 6.68. The van der Waals surface area contributed by atoms with E-state index in [-0.39, 0.29) is 5.13 Å². The van der Waals surface area contributed by atoms with E-state index in [0.717, 1.165) is 27.0 Å². The summed E-state index contributed by atoms with van der Waals surface area (Å²) in [5.41, 5.74) is 7.15. The molecule has 0 saturated carbocycles. The number of benzene rings is 1. The smallest absolute Gasteiger partial charge is 0.177 e. The third-order valence-corrected chi connectivity index (χ3v) is 3.13. The first-order valence-corrected chi connectivity index (χ1v) is 5.09. The van der Waals surface area contributed by atoms with E-state index in [0.29, 0.717) is 11.6 Å². The van der Waals surface area contributed by atoms with Gasteiger partial charge in [-0.15, -0.1) is 22.9 Å². The van der Waals surface area contributed by atoms with Crippen molar-refractivity contribution < 1.29 is 4.39 Å². The van der Waals surface area contributed by atoms with Crippen LogP contribution in [0.3, 0.4) is 0 Å². The first-order chi connectivity index (χ1) is 6.20. The van der Waals surface area contributed by atoms with Gasteiger partial charge >= 0.3 is 0 Å². The van der Waals surface area contributed by atoms with Crippen LogP contribution in [0.1, 0.15) is 5.56 Å². The minimum atomic E-state index is -0.202. The van der Waals surface area contributed by atoms with E-state index in [2.05, 4.69) is 0 Å². The van der Waals surface area contributed by atoms with E-state index >= 15 is 0 Å². The number of nitrogens with two attached hydrogens (primary N) is 1. The zero-order valence-corrected chi connectivity index (χ0v) is 8.25. The number of hydrogen-bond donors (Lipinski definition) is 1. The van der Waals surface area contributed by atoms with E-state index in [1.807, 2.05) is 0 Å². The number of anilines is 1. The lowest BCUT2D eigenvalue weighted by atomic mass is 10.1. The normalized spacial score (nSPS) is 10.9. The summed E-state index contributed by atoms with van der Waals surface area (Å²) in [4.78, 5) is 0. The molecule has 2 rings (SSSR count). The molecule has 1 heterocycles. The van der Waals surface area contributed by atoms with Gasteiger partial charge in [0.15, 0.2) is 5.13 Å². The Bertz CT molecular complexity index is 452. The third kappa shape index (κ3) is 1.49. The molecule has 4 heteroatoms. The molecule has 0 amide bonds. The monoisotopic (exact) mass is 215 g/mol. The number of thiophene rings is 1. The maximum absolute atomic E-state index is 12.9. The Balaban J connectivity index is 2.80. The van der Waals surface area contributed by atoms with E-state index in [1.54, 1.807) is 12.1 Å². The van der Waals surface area contributed by atoms with Crippen molar-refractivity contribution in [2.24, 2.45) is 0 Å². The van der Waals surface area contributed by atoms with Crippen LogP contribution < -0.4 is 5.73 Å². The average molecular weight is 216 g/mol. The molecule has 13 heavy (non-hydrogen) atoms. The lowest BCUT2D eigenvalue weighted by Gasteiger charge is -1.99. The van der Waals surface area contributed by atoms with Crippen LogP contribution in [-0.2, 0) is 5.88 Å². The summed E-state index contributed by atoms with van der Waals surface area (Å²) in [6.45, 7) is 0. The van der Waals surface area contributed by atoms with E-state index < -0.39 is 0 Å². The summed E-state index contributed by atoms with van der Waals surface area (Å²) in [6, 6.07) is 5.02. The summed E-state index contributed by atoms with van der Waals surface area (Å²) in [6.07, 6.45) is 0. The van der Waals surface area contributed by atoms with Gasteiger partial charge in [-0.1, -0.05) is 0 Å². The Morgan fingerprint density at radius 2 is 2.15 bits per heavy atom. The van der Waals surface area contributed by atoms with Gasteiger partial charge in [-0.05, 0) is 29.1 Å². The molecule has 0 spiro atoms. The fraction of sp³-hybridized carbons (Fsp3) is 0.111. The molecule has 0 aliphatic heterocycles. The van der Waals surface area contributed by atoms with Gasteiger partial charge in [0.25, 0.3) is 0 Å². The number of halogens is 2. The van der Waals surface area contributed by atoms with Crippen molar-refractivity contribution in [3.8, 4) is 0 Å². The molecule has 0 atom stereocenters. The summed E-state index contributed by atoms with van der Waals surface area (Å²) in [7, 11) is 0. The molecule has 0 aliphatic carbocycles. The van der Waals surface area contributed by atoms with E-state index in [9.17, 15) is 4.39 Å². The standard InChI is InChI=1S/C9H7ClFNS/c10-4-6-2-7(12)1-5-3-8(11)13-9(5)6/h1-3H,4,12H2. The number of hydrogen-bond acceptors (Lipinski definition) is 2. The van der Waals surface area contributed by atoms with Crippen LogP contribution in [0.2, 0.25) is 0 Å². The lowest BCUT2D eigenvalue weighted by Crippen LogP contribution is -1.86. The summed E-state index contributed by atoms with van der Waals surface area (Å²) >= 11 is 6.82. The Morgan fingerprint density at radius 1 is 1.38 bits per heavy atom. The molecule has 0 bridgehead atoms. The summed E-state index contributed by atoms with van der Waals surface area (Å²) < 4.78 is 13.8. The Kier molecular flexibility index (Phi) is 2.14. The largest absolute Gasteiger partial charge is 0.399 e. The molecule has 0 radical (unpaired) electrons. The van der Waals surface area contributed by atoms with Crippen molar-refractivity contribution in [3.63, 3.8) is 0 Å². The van der Waals surface area contributed by atoms with Crippen molar-refractivity contribution in [2.45, 2.75) is 5.88 Å². The molecular formula is C9H7ClFNS. The van der Waals surface area contributed by atoms with Crippen molar-refractivity contribution in [1.82, 2.24) is 0 Å². The van der Waals surface area contributed by atoms with Crippen LogP contribution in [-0.4, -0.2) is 0 Å². The van der Waals surface area contributed by atoms with E-state index in [4.69, 9.17) is 17.3 Å². The Hall–Kier alpha value is -0.800. The minimum Gasteiger partial charge on any atom is -0.399 e. The van der Waals surface area contributed by atoms with Crippen molar-refractivity contribution >= 4 is 38.7 Å². The Labute approximate surface area is 83.9 Å². The molecule has 1 aromatic heterocycles. The third-order valence-electron chi connectivity index (χ3n) is 1.83. The van der Waals surface area contributed by atoms with Crippen LogP contribution in [0, 0.1) is 5.13 Å². The molecular weight excluding hydrogens is 209 g/mol. The minimum absolute atomic E-state index is 0.202. The van der Waals surface area contributed by atoms with Gasteiger partial charge in [-0.2, -0.15) is 4.39 Å². The second kappa shape index (κ2) is 3.16. The van der Waals surface area contributed by atoms with Gasteiger partial charge in [0.2, 0.25) is 0 Å². The predicted molar refractivity (Wildman–Crippen MR) is 55.8 cm³/mol. The fourth-order valence-corrected chi connectivity index (χ4v) is 2.49. The van der Waals surface area contributed by atoms with Gasteiger partial charge in [-0.3, -0.25) is 0 Å². The van der Waals surface area contributed by atoms with Gasteiger partial charge < -0.3 is 5.73 Å². The first kappa shape index (κ1) is 8.78. The zero-order chi connectivity index (χ0) is 9.42. The highest BCUT2D eigenvalue weighted by molar-refractivity contribution is 7.17. The van der Waals surface area contributed by atoms with Crippen LogP contribution in [0.25, 0.3) is 10.1 Å². The molecule has 2 N–H and O–H groups in total. The number of alkyl halides is 1. The van der Waals surface area contributed by atoms with Gasteiger partial charge in [-0.25, -0.2) is 0 Å². The second-order valence-electron chi connectivity index (χ2n) is 2.78. The van der Waals surface area contributed by atoms with Crippen LogP contribution in [0.5, 0.6) is 0 Å². The average Bonchev–Trinajstić information content (AvgIpc) is 2.43. The summed E-state index contributed by atoms with van der Waals surface area (Å²) in [5.74, 6) is 0.363. The van der Waals surface area contributed by atoms with Crippen LogP contribution in [0.15, 0.2) is 18.2 Å². The van der Waals surface area contributed by atoms with Crippen molar-refractivity contribution in [2.75, 3.05) is 5.73 Å². The van der Waals surface area contributed by atoms with E-state index in [1.165, 1.54) is 6.07 Å². The van der Waals surface area contributed by atoms with Gasteiger partial charge in [0, 0.05) is 16.3 Å². The lowest BCUT2D eigenvalue weighted by molar-refractivity contribution is 0.658. The number of nitrogen functional groups attached to an aromatic ring is 1. The maximum Gasteiger partial charge on any atom is 0.177 e. The molecule has 68 valence electrons. The van der Waals surface area contributed by atoms with Crippen molar-refractivity contribution in [3.05, 3.63) is 28.9 Å². The highest BCUT2D eigenvalue weighted by atomic mass is 35.5. The molecule has 0 aliphatic rings. The number of fused-ring (bicyclic) bond motifs is 1. The molecule has 1 aromatic carbocycles. The van der Waals surface area contributed by atoms with Crippen molar-refractivity contribution in [1.29, 1.82) is 0 Å². The van der Waals surface area contributed by atoms with Gasteiger partial charge in [0.1, 0.15) is 0 Å². The highest BCUT2D eigenvalue weighted by Gasteiger charge is 2.06.